The van der Waals surface area contributed by atoms with Gasteiger partial charge in [0.15, 0.2) is 0 Å². The lowest BCUT2D eigenvalue weighted by Gasteiger charge is -2.18. The molecule has 0 saturated carbocycles. The summed E-state index contributed by atoms with van der Waals surface area (Å²) < 4.78 is 0. The fourth-order valence-corrected chi connectivity index (χ4v) is 3.42. The minimum Gasteiger partial charge on any atom is -0.263 e. The molecule has 1 aliphatic carbocycles. The van der Waals surface area contributed by atoms with Crippen molar-refractivity contribution in [1.29, 1.82) is 0 Å². The third-order valence-corrected chi connectivity index (χ3v) is 5.01. The van der Waals surface area contributed by atoms with Crippen molar-refractivity contribution in [3.63, 3.8) is 0 Å². The predicted octanol–water partition coefficient (Wildman–Crippen LogP) is 3.48. The minimum atomic E-state index is -0.719. The number of nitrogens with zero attached hydrogens (tertiary/aromatic N) is 2. The number of benzene rings is 1. The molecule has 1 aliphatic heterocycles. The first kappa shape index (κ1) is 17.4. The van der Waals surface area contributed by atoms with Gasteiger partial charge in [-0.1, -0.05) is 35.4 Å². The van der Waals surface area contributed by atoms with E-state index in [-0.39, 0.29) is 6.54 Å². The van der Waals surface area contributed by atoms with Crippen molar-refractivity contribution >= 4 is 17.8 Å². The molecule has 1 saturated heterocycles. The van der Waals surface area contributed by atoms with Crippen LogP contribution in [-0.4, -0.2) is 34.2 Å². The molecule has 0 spiro atoms. The average molecular weight is 340 g/mol. The molecule has 25 heavy (non-hydrogen) atoms. The van der Waals surface area contributed by atoms with Crippen LogP contribution in [-0.2, 0) is 16.1 Å². The standard InChI is InChI=1S/C20H24N2O3/c1-14-8-9-15(2)17(12-14)13-22-19(24)18(23)21(20(22)25)11-10-16-6-4-3-5-7-16/h6,8-9,12H,3-5,7,10-11,13H2,1-2H3. The van der Waals surface area contributed by atoms with E-state index in [4.69, 9.17) is 0 Å². The van der Waals surface area contributed by atoms with E-state index in [9.17, 15) is 14.4 Å². The molecule has 1 fully saturated rings. The van der Waals surface area contributed by atoms with E-state index in [0.717, 1.165) is 45.8 Å². The van der Waals surface area contributed by atoms with E-state index in [1.807, 2.05) is 32.0 Å². The van der Waals surface area contributed by atoms with Crippen molar-refractivity contribution in [3.8, 4) is 0 Å². The number of aryl methyl sites for hydroxylation is 2. The highest BCUT2D eigenvalue weighted by atomic mass is 16.2. The van der Waals surface area contributed by atoms with Gasteiger partial charge in [0.1, 0.15) is 0 Å². The van der Waals surface area contributed by atoms with Crippen molar-refractivity contribution in [2.45, 2.75) is 52.5 Å². The molecule has 4 amide bonds. The second-order valence-corrected chi connectivity index (χ2v) is 6.92. The Labute approximate surface area is 148 Å². The van der Waals surface area contributed by atoms with Crippen LogP contribution < -0.4 is 0 Å². The third-order valence-electron chi connectivity index (χ3n) is 5.01. The largest absolute Gasteiger partial charge is 0.334 e. The summed E-state index contributed by atoms with van der Waals surface area (Å²) in [5.41, 5.74) is 4.25. The lowest BCUT2D eigenvalue weighted by Crippen LogP contribution is -2.34. The second-order valence-electron chi connectivity index (χ2n) is 6.92. The van der Waals surface area contributed by atoms with Crippen LogP contribution in [0, 0.1) is 13.8 Å². The smallest absolute Gasteiger partial charge is 0.263 e. The van der Waals surface area contributed by atoms with Crippen molar-refractivity contribution in [3.05, 3.63) is 46.5 Å². The van der Waals surface area contributed by atoms with Gasteiger partial charge in [-0.3, -0.25) is 19.4 Å². The van der Waals surface area contributed by atoms with Gasteiger partial charge in [0.25, 0.3) is 0 Å². The van der Waals surface area contributed by atoms with Gasteiger partial charge in [0.2, 0.25) is 0 Å². The number of amides is 4. The molecular formula is C20H24N2O3. The molecule has 3 rings (SSSR count). The highest BCUT2D eigenvalue weighted by Gasteiger charge is 2.44. The number of hydrogen-bond donors (Lipinski definition) is 0. The zero-order valence-electron chi connectivity index (χ0n) is 14.9. The first-order valence-electron chi connectivity index (χ1n) is 8.88. The lowest BCUT2D eigenvalue weighted by molar-refractivity contribution is -0.143. The SMILES string of the molecule is Cc1ccc(C)c(CN2C(=O)C(=O)N(CCC3=CCCCC3)C2=O)c1. The van der Waals surface area contributed by atoms with Gasteiger partial charge >= 0.3 is 17.8 Å². The van der Waals surface area contributed by atoms with Gasteiger partial charge in [-0.2, -0.15) is 0 Å². The summed E-state index contributed by atoms with van der Waals surface area (Å²) >= 11 is 0. The Hall–Kier alpha value is -2.43. The van der Waals surface area contributed by atoms with Crippen LogP contribution in [0.15, 0.2) is 29.8 Å². The Kier molecular flexibility index (Phi) is 5.02. The Balaban J connectivity index is 1.70. The Bertz CT molecular complexity index is 751. The molecule has 0 unspecified atom stereocenters. The van der Waals surface area contributed by atoms with Gasteiger partial charge in [0.05, 0.1) is 6.54 Å². The summed E-state index contributed by atoms with van der Waals surface area (Å²) in [5.74, 6) is -1.42. The monoisotopic (exact) mass is 340 g/mol. The average Bonchev–Trinajstić information content (AvgIpc) is 2.81. The fourth-order valence-electron chi connectivity index (χ4n) is 3.42. The lowest BCUT2D eigenvalue weighted by atomic mass is 9.97. The molecule has 2 aliphatic rings. The Morgan fingerprint density at radius 1 is 1.00 bits per heavy atom. The second kappa shape index (κ2) is 7.21. The predicted molar refractivity (Wildman–Crippen MR) is 94.7 cm³/mol. The van der Waals surface area contributed by atoms with Crippen molar-refractivity contribution in [2.75, 3.05) is 6.54 Å². The number of hydrogen-bond acceptors (Lipinski definition) is 3. The van der Waals surface area contributed by atoms with E-state index < -0.39 is 17.8 Å². The Morgan fingerprint density at radius 3 is 2.48 bits per heavy atom. The first-order chi connectivity index (χ1) is 12.0. The van der Waals surface area contributed by atoms with Gasteiger partial charge in [-0.05, 0) is 57.1 Å². The quantitative estimate of drug-likeness (QED) is 0.468. The molecule has 5 heteroatoms. The van der Waals surface area contributed by atoms with Crippen molar-refractivity contribution in [1.82, 2.24) is 9.80 Å². The molecule has 1 aromatic rings. The molecule has 0 aromatic heterocycles. The summed E-state index contributed by atoms with van der Waals surface area (Å²) in [7, 11) is 0. The van der Waals surface area contributed by atoms with Crippen molar-refractivity contribution in [2.24, 2.45) is 0 Å². The van der Waals surface area contributed by atoms with E-state index in [2.05, 4.69) is 6.08 Å². The van der Waals surface area contributed by atoms with Gasteiger partial charge in [-0.15, -0.1) is 0 Å². The Morgan fingerprint density at radius 2 is 1.76 bits per heavy atom. The summed E-state index contributed by atoms with van der Waals surface area (Å²) in [4.78, 5) is 39.3. The van der Waals surface area contributed by atoms with Gasteiger partial charge in [-0.25, -0.2) is 4.79 Å². The van der Waals surface area contributed by atoms with E-state index >= 15 is 0 Å². The molecule has 1 aromatic carbocycles. The number of urea groups is 1. The van der Waals surface area contributed by atoms with Crippen molar-refractivity contribution < 1.29 is 14.4 Å². The number of rotatable bonds is 5. The summed E-state index contributed by atoms with van der Waals surface area (Å²) in [5, 5.41) is 0. The molecule has 5 nitrogen and oxygen atoms in total. The van der Waals surface area contributed by atoms with E-state index in [1.165, 1.54) is 12.0 Å². The summed E-state index contributed by atoms with van der Waals surface area (Å²) in [6.07, 6.45) is 7.32. The van der Waals surface area contributed by atoms with Crippen LogP contribution in [0.4, 0.5) is 4.79 Å². The number of carbonyl (C=O) groups excluding carboxylic acids is 3. The molecule has 0 N–H and O–H groups in total. The molecule has 0 atom stereocenters. The molecule has 0 bridgehead atoms. The van der Waals surface area contributed by atoms with E-state index in [1.54, 1.807) is 0 Å². The molecular weight excluding hydrogens is 316 g/mol. The van der Waals surface area contributed by atoms with Gasteiger partial charge < -0.3 is 0 Å². The third kappa shape index (κ3) is 3.65. The van der Waals surface area contributed by atoms with Crippen LogP contribution >= 0.6 is 0 Å². The topological polar surface area (TPSA) is 57.7 Å². The number of allylic oxidation sites excluding steroid dienone is 1. The van der Waals surface area contributed by atoms with Gasteiger partial charge in [0, 0.05) is 6.54 Å². The first-order valence-corrected chi connectivity index (χ1v) is 8.88. The van der Waals surface area contributed by atoms with Crippen LogP contribution in [0.2, 0.25) is 0 Å². The van der Waals surface area contributed by atoms with E-state index in [0.29, 0.717) is 13.0 Å². The summed E-state index contributed by atoms with van der Waals surface area (Å²) in [6.45, 7) is 4.34. The minimum absolute atomic E-state index is 0.149. The highest BCUT2D eigenvalue weighted by molar-refractivity contribution is 6.44. The number of imide groups is 2. The van der Waals surface area contributed by atoms with Crippen LogP contribution in [0.1, 0.15) is 48.8 Å². The number of carbonyl (C=O) groups is 3. The van der Waals surface area contributed by atoms with Crippen LogP contribution in [0.5, 0.6) is 0 Å². The maximum absolute atomic E-state index is 12.6. The summed E-state index contributed by atoms with van der Waals surface area (Å²) in [6, 6.07) is 5.41. The fraction of sp³-hybridized carbons (Fsp3) is 0.450. The molecule has 1 heterocycles. The zero-order chi connectivity index (χ0) is 18.0. The molecule has 132 valence electrons. The van der Waals surface area contributed by atoms with Crippen LogP contribution in [0.3, 0.4) is 0 Å². The molecule has 0 radical (unpaired) electrons. The maximum Gasteiger partial charge on any atom is 0.334 e. The highest BCUT2D eigenvalue weighted by Crippen LogP contribution is 2.23. The maximum atomic E-state index is 12.6. The zero-order valence-corrected chi connectivity index (χ0v) is 14.9. The normalized spacial score (nSPS) is 18.2. The van der Waals surface area contributed by atoms with Crippen LogP contribution in [0.25, 0.3) is 0 Å².